The molecule has 1 aromatic heterocycles. The molecule has 0 radical (unpaired) electrons. The van der Waals surface area contributed by atoms with Gasteiger partial charge in [-0.25, -0.2) is 0 Å². The summed E-state index contributed by atoms with van der Waals surface area (Å²) in [5.41, 5.74) is 2.47. The highest BCUT2D eigenvalue weighted by Crippen LogP contribution is 2.25. The molecule has 1 amide bonds. The Hall–Kier alpha value is -2.40. The zero-order chi connectivity index (χ0) is 18.9. The van der Waals surface area contributed by atoms with Gasteiger partial charge in [-0.2, -0.15) is 0 Å². The van der Waals surface area contributed by atoms with Gasteiger partial charge in [0.05, 0.1) is 13.2 Å². The number of carbonyl (C=O) groups excluding carboxylic acids is 1. The van der Waals surface area contributed by atoms with Gasteiger partial charge in [-0.3, -0.25) is 14.2 Å². The van der Waals surface area contributed by atoms with Gasteiger partial charge in [0.15, 0.2) is 0 Å². The molecule has 1 aliphatic rings. The van der Waals surface area contributed by atoms with Crippen molar-refractivity contribution in [3.63, 3.8) is 0 Å². The van der Waals surface area contributed by atoms with Crippen LogP contribution in [0.3, 0.4) is 0 Å². The smallest absolute Gasteiger partial charge is 0.268 e. The molecule has 2 heterocycles. The molecule has 5 heteroatoms. The van der Waals surface area contributed by atoms with Crippen LogP contribution < -0.4 is 10.9 Å². The SMILES string of the molecule is Cc1ccn(-c2cccc(C(C)C)c2)c(=O)c1C(=O)NCC1(C)COC1. The molecule has 1 N–H and O–H groups in total. The van der Waals surface area contributed by atoms with Crippen LogP contribution in [0.15, 0.2) is 41.3 Å². The van der Waals surface area contributed by atoms with Crippen molar-refractivity contribution in [3.8, 4) is 5.69 Å². The fourth-order valence-electron chi connectivity index (χ4n) is 3.07. The summed E-state index contributed by atoms with van der Waals surface area (Å²) in [6.45, 7) is 9.84. The normalized spacial score (nSPS) is 15.6. The number of pyridine rings is 1. The van der Waals surface area contributed by atoms with Crippen molar-refractivity contribution in [2.45, 2.75) is 33.6 Å². The minimum Gasteiger partial charge on any atom is -0.380 e. The lowest BCUT2D eigenvalue weighted by molar-refractivity contribution is -0.0978. The van der Waals surface area contributed by atoms with Crippen LogP contribution >= 0.6 is 0 Å². The molecule has 0 atom stereocenters. The lowest BCUT2D eigenvalue weighted by Gasteiger charge is -2.38. The van der Waals surface area contributed by atoms with Gasteiger partial charge in [0.2, 0.25) is 0 Å². The minimum atomic E-state index is -0.324. The van der Waals surface area contributed by atoms with Crippen molar-refractivity contribution in [1.82, 2.24) is 9.88 Å². The summed E-state index contributed by atoms with van der Waals surface area (Å²) < 4.78 is 6.76. The number of aromatic nitrogens is 1. The molecule has 26 heavy (non-hydrogen) atoms. The van der Waals surface area contributed by atoms with Gasteiger partial charge in [0, 0.05) is 23.8 Å². The highest BCUT2D eigenvalue weighted by Gasteiger charge is 2.34. The molecule has 1 saturated heterocycles. The maximum absolute atomic E-state index is 13.0. The molecule has 1 fully saturated rings. The van der Waals surface area contributed by atoms with Crippen molar-refractivity contribution >= 4 is 5.91 Å². The van der Waals surface area contributed by atoms with Crippen LogP contribution in [0.2, 0.25) is 0 Å². The number of carbonyl (C=O) groups is 1. The van der Waals surface area contributed by atoms with Gasteiger partial charge < -0.3 is 10.1 Å². The molecule has 0 aliphatic carbocycles. The molecule has 3 rings (SSSR count). The zero-order valence-corrected chi connectivity index (χ0v) is 15.8. The fraction of sp³-hybridized carbons (Fsp3) is 0.429. The Morgan fingerprint density at radius 2 is 2.04 bits per heavy atom. The van der Waals surface area contributed by atoms with E-state index < -0.39 is 0 Å². The average Bonchev–Trinajstić information content (AvgIpc) is 2.58. The van der Waals surface area contributed by atoms with E-state index in [2.05, 4.69) is 26.1 Å². The standard InChI is InChI=1S/C21H26N2O3/c1-14(2)16-6-5-7-17(10-16)23-9-8-15(3)18(20(23)25)19(24)22-11-21(4)12-26-13-21/h5-10,14H,11-13H2,1-4H3,(H,22,24). The summed E-state index contributed by atoms with van der Waals surface area (Å²) in [6.07, 6.45) is 1.73. The first-order valence-electron chi connectivity index (χ1n) is 8.99. The van der Waals surface area contributed by atoms with Crippen molar-refractivity contribution in [2.24, 2.45) is 5.41 Å². The van der Waals surface area contributed by atoms with E-state index >= 15 is 0 Å². The van der Waals surface area contributed by atoms with E-state index in [0.717, 1.165) is 11.3 Å². The number of hydrogen-bond acceptors (Lipinski definition) is 3. The van der Waals surface area contributed by atoms with E-state index in [0.29, 0.717) is 31.2 Å². The first-order valence-corrected chi connectivity index (χ1v) is 8.99. The van der Waals surface area contributed by atoms with Crippen molar-refractivity contribution in [1.29, 1.82) is 0 Å². The third-order valence-electron chi connectivity index (χ3n) is 4.92. The Balaban J connectivity index is 1.92. The lowest BCUT2D eigenvalue weighted by atomic mass is 9.88. The molecule has 1 aromatic carbocycles. The maximum Gasteiger partial charge on any atom is 0.268 e. The minimum absolute atomic E-state index is 0.0387. The molecular weight excluding hydrogens is 328 g/mol. The highest BCUT2D eigenvalue weighted by molar-refractivity contribution is 5.95. The number of nitrogens with zero attached hydrogens (tertiary/aromatic N) is 1. The van der Waals surface area contributed by atoms with Crippen molar-refractivity contribution in [2.75, 3.05) is 19.8 Å². The quantitative estimate of drug-likeness (QED) is 0.898. The number of nitrogens with one attached hydrogen (secondary N) is 1. The van der Waals surface area contributed by atoms with E-state index in [4.69, 9.17) is 4.74 Å². The average molecular weight is 354 g/mol. The molecule has 0 spiro atoms. The molecule has 138 valence electrons. The van der Waals surface area contributed by atoms with E-state index in [1.165, 1.54) is 0 Å². The Kier molecular flexibility index (Phi) is 5.01. The zero-order valence-electron chi connectivity index (χ0n) is 15.8. The monoisotopic (exact) mass is 354 g/mol. The summed E-state index contributed by atoms with van der Waals surface area (Å²) >= 11 is 0. The van der Waals surface area contributed by atoms with E-state index in [1.807, 2.05) is 30.3 Å². The second-order valence-electron chi connectivity index (χ2n) is 7.78. The van der Waals surface area contributed by atoms with Crippen LogP contribution in [-0.4, -0.2) is 30.2 Å². The largest absolute Gasteiger partial charge is 0.380 e. The van der Waals surface area contributed by atoms with E-state index in [-0.39, 0.29) is 22.4 Å². The molecule has 5 nitrogen and oxygen atoms in total. The Labute approximate surface area is 154 Å². The first kappa shape index (κ1) is 18.4. The van der Waals surface area contributed by atoms with Crippen molar-refractivity contribution in [3.05, 3.63) is 63.6 Å². The fourth-order valence-corrected chi connectivity index (χ4v) is 3.07. The van der Waals surface area contributed by atoms with E-state index in [1.54, 1.807) is 17.7 Å². The summed E-state index contributed by atoms with van der Waals surface area (Å²) in [4.78, 5) is 25.7. The van der Waals surface area contributed by atoms with Crippen LogP contribution in [0, 0.1) is 12.3 Å². The van der Waals surface area contributed by atoms with Crippen LogP contribution in [0.5, 0.6) is 0 Å². The van der Waals surface area contributed by atoms with Gasteiger partial charge in [-0.15, -0.1) is 0 Å². The van der Waals surface area contributed by atoms with Crippen LogP contribution in [0.1, 0.15) is 48.2 Å². The third kappa shape index (κ3) is 3.58. The summed E-state index contributed by atoms with van der Waals surface area (Å²) in [6, 6.07) is 9.68. The Morgan fingerprint density at radius 3 is 2.65 bits per heavy atom. The molecule has 2 aromatic rings. The summed E-state index contributed by atoms with van der Waals surface area (Å²) in [5, 5.41) is 2.90. The Morgan fingerprint density at radius 1 is 1.31 bits per heavy atom. The number of ether oxygens (including phenoxy) is 1. The third-order valence-corrected chi connectivity index (χ3v) is 4.92. The van der Waals surface area contributed by atoms with Gasteiger partial charge >= 0.3 is 0 Å². The molecule has 0 unspecified atom stereocenters. The van der Waals surface area contributed by atoms with Crippen LogP contribution in [0.4, 0.5) is 0 Å². The highest BCUT2D eigenvalue weighted by atomic mass is 16.5. The second-order valence-corrected chi connectivity index (χ2v) is 7.78. The second kappa shape index (κ2) is 7.08. The molecule has 1 aliphatic heterocycles. The van der Waals surface area contributed by atoms with Gasteiger partial charge in [-0.05, 0) is 42.2 Å². The van der Waals surface area contributed by atoms with Crippen LogP contribution in [-0.2, 0) is 4.74 Å². The number of rotatable bonds is 5. The predicted octanol–water partition coefficient (Wildman–Crippen LogP) is 3.04. The Bertz CT molecular complexity index is 879. The summed E-state index contributed by atoms with van der Waals surface area (Å²) in [5.74, 6) is 0.0410. The van der Waals surface area contributed by atoms with Gasteiger partial charge in [0.1, 0.15) is 5.56 Å². The lowest BCUT2D eigenvalue weighted by Crippen LogP contribution is -2.49. The number of amides is 1. The number of benzene rings is 1. The predicted molar refractivity (Wildman–Crippen MR) is 102 cm³/mol. The number of hydrogen-bond donors (Lipinski definition) is 1. The molecule has 0 bridgehead atoms. The van der Waals surface area contributed by atoms with Crippen molar-refractivity contribution < 1.29 is 9.53 Å². The maximum atomic E-state index is 13.0. The summed E-state index contributed by atoms with van der Waals surface area (Å²) in [7, 11) is 0. The molecule has 0 saturated carbocycles. The van der Waals surface area contributed by atoms with Crippen LogP contribution in [0.25, 0.3) is 5.69 Å². The topological polar surface area (TPSA) is 60.3 Å². The number of aryl methyl sites for hydroxylation is 1. The van der Waals surface area contributed by atoms with E-state index in [9.17, 15) is 9.59 Å². The first-order chi connectivity index (χ1) is 12.3. The van der Waals surface area contributed by atoms with Gasteiger partial charge in [-0.1, -0.05) is 32.9 Å². The van der Waals surface area contributed by atoms with Gasteiger partial charge in [0.25, 0.3) is 11.5 Å². The molecular formula is C21H26N2O3.